The Bertz CT molecular complexity index is 1120. The van der Waals surface area contributed by atoms with Gasteiger partial charge in [0, 0.05) is 23.7 Å². The number of carbonyl (C=O) groups is 3. The van der Waals surface area contributed by atoms with E-state index in [1.165, 1.54) is 12.1 Å². The number of imide groups is 1. The number of fused-ring (bicyclic) bond motifs is 3. The second-order valence-corrected chi connectivity index (χ2v) is 7.20. The second kappa shape index (κ2) is 6.56. The van der Waals surface area contributed by atoms with Crippen LogP contribution < -0.4 is 24.8 Å². The number of nitrogens with one attached hydrogen (secondary N) is 2. The van der Waals surface area contributed by atoms with Gasteiger partial charge in [-0.15, -0.1) is 8.78 Å². The highest BCUT2D eigenvalue weighted by atomic mass is 19.3. The molecule has 2 aromatic carbocycles. The third-order valence-electron chi connectivity index (χ3n) is 5.24. The Morgan fingerprint density at radius 3 is 2.71 bits per heavy atom. The second-order valence-electron chi connectivity index (χ2n) is 7.20. The van der Waals surface area contributed by atoms with Gasteiger partial charge in [-0.25, -0.2) is 4.79 Å². The number of hydrogen-bond acceptors (Lipinski definition) is 6. The Labute approximate surface area is 173 Å². The van der Waals surface area contributed by atoms with E-state index < -0.39 is 36.2 Å². The van der Waals surface area contributed by atoms with Crippen molar-refractivity contribution in [1.82, 2.24) is 10.2 Å². The zero-order chi connectivity index (χ0) is 21.8. The summed E-state index contributed by atoms with van der Waals surface area (Å²) in [6.45, 7) is -0.328. The Kier molecular flexibility index (Phi) is 4.04. The third-order valence-corrected chi connectivity index (χ3v) is 5.24. The number of ether oxygens (including phenoxy) is 3. The summed E-state index contributed by atoms with van der Waals surface area (Å²) in [5, 5.41) is 5.15. The Balaban J connectivity index is 1.32. The molecule has 0 radical (unpaired) electrons. The third kappa shape index (κ3) is 3.09. The number of halogens is 2. The van der Waals surface area contributed by atoms with E-state index in [0.717, 1.165) is 11.0 Å². The predicted molar refractivity (Wildman–Crippen MR) is 99.8 cm³/mol. The lowest BCUT2D eigenvalue weighted by Crippen LogP contribution is -2.48. The molecule has 9 nitrogen and oxygen atoms in total. The van der Waals surface area contributed by atoms with Gasteiger partial charge in [0.15, 0.2) is 17.0 Å². The van der Waals surface area contributed by atoms with E-state index in [0.29, 0.717) is 11.3 Å². The van der Waals surface area contributed by atoms with Crippen molar-refractivity contribution in [2.75, 3.05) is 18.5 Å². The molecular weight excluding hydrogens is 416 g/mol. The fourth-order valence-corrected chi connectivity index (χ4v) is 3.89. The minimum absolute atomic E-state index is 0.142. The average Bonchev–Trinajstić information content (AvgIpc) is 3.15. The number of alkyl halides is 2. The summed E-state index contributed by atoms with van der Waals surface area (Å²) in [4.78, 5) is 39.0. The van der Waals surface area contributed by atoms with Crippen LogP contribution in [0.1, 0.15) is 12.0 Å². The molecule has 3 aliphatic heterocycles. The molecule has 4 amide bonds. The van der Waals surface area contributed by atoms with Crippen molar-refractivity contribution in [1.29, 1.82) is 0 Å². The zero-order valence-corrected chi connectivity index (χ0v) is 15.8. The largest absolute Gasteiger partial charge is 0.586 e. The standard InChI is InChI=1S/C20H15F2N3O6/c21-20(22)30-14-6-5-11(9-15(14)31-20)23-16(26)10-25-17(27)19(24-18(25)28)7-8-29-13-4-2-1-3-12(13)19/h1-6,9H,7-8,10H2,(H,23,26)(H,24,28)/t19-/m0/s1. The fourth-order valence-electron chi connectivity index (χ4n) is 3.89. The summed E-state index contributed by atoms with van der Waals surface area (Å²) in [5.74, 6) is -1.17. The number of carbonyl (C=O) groups excluding carboxylic acids is 3. The van der Waals surface area contributed by atoms with Crippen molar-refractivity contribution >= 4 is 23.5 Å². The first-order valence-electron chi connectivity index (χ1n) is 9.34. The highest BCUT2D eigenvalue weighted by Crippen LogP contribution is 2.43. The first-order valence-corrected chi connectivity index (χ1v) is 9.34. The van der Waals surface area contributed by atoms with Gasteiger partial charge in [0.25, 0.3) is 5.91 Å². The molecule has 1 spiro atoms. The number of rotatable bonds is 3. The van der Waals surface area contributed by atoms with Crippen molar-refractivity contribution in [2.45, 2.75) is 18.3 Å². The van der Waals surface area contributed by atoms with E-state index in [-0.39, 0.29) is 30.2 Å². The number of urea groups is 1. The van der Waals surface area contributed by atoms with Crippen LogP contribution in [0.2, 0.25) is 0 Å². The minimum atomic E-state index is -3.78. The van der Waals surface area contributed by atoms with Crippen LogP contribution in [0.5, 0.6) is 17.2 Å². The molecule has 3 heterocycles. The Hall–Kier alpha value is -3.89. The lowest BCUT2D eigenvalue weighted by Gasteiger charge is -2.33. The van der Waals surface area contributed by atoms with Crippen LogP contribution in [0.4, 0.5) is 19.3 Å². The van der Waals surface area contributed by atoms with Crippen molar-refractivity contribution in [3.05, 3.63) is 48.0 Å². The number of hydrogen-bond donors (Lipinski definition) is 2. The zero-order valence-electron chi connectivity index (χ0n) is 15.8. The first-order chi connectivity index (χ1) is 14.8. The fraction of sp³-hybridized carbons (Fsp3) is 0.250. The van der Waals surface area contributed by atoms with Crippen molar-refractivity contribution in [2.24, 2.45) is 0 Å². The van der Waals surface area contributed by atoms with Crippen LogP contribution in [0.3, 0.4) is 0 Å². The Morgan fingerprint density at radius 1 is 1.10 bits per heavy atom. The van der Waals surface area contributed by atoms with Crippen LogP contribution in [0, 0.1) is 0 Å². The molecule has 1 fully saturated rings. The molecule has 2 aromatic rings. The van der Waals surface area contributed by atoms with Crippen molar-refractivity contribution < 1.29 is 37.4 Å². The van der Waals surface area contributed by atoms with Gasteiger partial charge in [-0.1, -0.05) is 18.2 Å². The van der Waals surface area contributed by atoms with Crippen molar-refractivity contribution in [3.8, 4) is 17.2 Å². The minimum Gasteiger partial charge on any atom is -0.493 e. The molecule has 3 aliphatic rings. The highest BCUT2D eigenvalue weighted by molar-refractivity contribution is 6.10. The van der Waals surface area contributed by atoms with Gasteiger partial charge in [0.2, 0.25) is 5.91 Å². The summed E-state index contributed by atoms with van der Waals surface area (Å²) >= 11 is 0. The van der Waals surface area contributed by atoms with E-state index in [2.05, 4.69) is 20.1 Å². The molecule has 160 valence electrons. The Morgan fingerprint density at radius 2 is 1.87 bits per heavy atom. The van der Waals surface area contributed by atoms with Crippen LogP contribution in [-0.4, -0.2) is 42.2 Å². The monoisotopic (exact) mass is 431 g/mol. The van der Waals surface area contributed by atoms with Crippen LogP contribution in [0.15, 0.2) is 42.5 Å². The summed E-state index contributed by atoms with van der Waals surface area (Å²) in [5.41, 5.74) is -0.626. The number of benzene rings is 2. The quantitative estimate of drug-likeness (QED) is 0.722. The van der Waals surface area contributed by atoms with E-state index in [1.807, 2.05) is 0 Å². The molecule has 0 aromatic heterocycles. The van der Waals surface area contributed by atoms with Gasteiger partial charge >= 0.3 is 12.3 Å². The van der Waals surface area contributed by atoms with Gasteiger partial charge in [-0.2, -0.15) is 0 Å². The summed E-state index contributed by atoms with van der Waals surface area (Å²) < 4.78 is 40.5. The molecule has 0 bridgehead atoms. The average molecular weight is 431 g/mol. The molecular formula is C20H15F2N3O6. The lowest BCUT2D eigenvalue weighted by molar-refractivity contribution is -0.286. The maximum Gasteiger partial charge on any atom is 0.586 e. The molecule has 5 rings (SSSR count). The van der Waals surface area contributed by atoms with E-state index in [1.54, 1.807) is 24.3 Å². The van der Waals surface area contributed by atoms with Crippen LogP contribution in [-0.2, 0) is 15.1 Å². The molecule has 11 heteroatoms. The number of anilines is 1. The molecule has 0 saturated carbocycles. The van der Waals surface area contributed by atoms with Gasteiger partial charge in [-0.05, 0) is 18.2 Å². The molecule has 0 unspecified atom stereocenters. The molecule has 1 saturated heterocycles. The van der Waals surface area contributed by atoms with Crippen molar-refractivity contribution in [3.63, 3.8) is 0 Å². The number of amides is 4. The SMILES string of the molecule is O=C(CN1C(=O)N[C@]2(CCOc3ccccc32)C1=O)Nc1ccc2c(c1)OC(F)(F)O2. The number of para-hydroxylation sites is 1. The smallest absolute Gasteiger partial charge is 0.493 e. The first kappa shape index (κ1) is 19.1. The molecule has 0 aliphatic carbocycles. The summed E-state index contributed by atoms with van der Waals surface area (Å²) in [6.07, 6.45) is -3.55. The summed E-state index contributed by atoms with van der Waals surface area (Å²) in [6, 6.07) is 9.89. The van der Waals surface area contributed by atoms with Gasteiger partial charge in [-0.3, -0.25) is 14.5 Å². The lowest BCUT2D eigenvalue weighted by atomic mass is 9.84. The van der Waals surface area contributed by atoms with Crippen LogP contribution >= 0.6 is 0 Å². The van der Waals surface area contributed by atoms with Gasteiger partial charge < -0.3 is 24.8 Å². The number of nitrogens with zero attached hydrogens (tertiary/aromatic N) is 1. The van der Waals surface area contributed by atoms with E-state index >= 15 is 0 Å². The van der Waals surface area contributed by atoms with E-state index in [4.69, 9.17) is 4.74 Å². The topological polar surface area (TPSA) is 106 Å². The van der Waals surface area contributed by atoms with Gasteiger partial charge in [0.1, 0.15) is 12.3 Å². The maximum atomic E-state index is 13.2. The molecule has 1 atom stereocenters. The highest BCUT2D eigenvalue weighted by Gasteiger charge is 2.55. The maximum absolute atomic E-state index is 13.2. The molecule has 31 heavy (non-hydrogen) atoms. The normalized spacial score (nSPS) is 22.7. The molecule has 2 N–H and O–H groups in total. The van der Waals surface area contributed by atoms with Crippen LogP contribution in [0.25, 0.3) is 0 Å². The predicted octanol–water partition coefficient (Wildman–Crippen LogP) is 2.18. The van der Waals surface area contributed by atoms with Gasteiger partial charge in [0.05, 0.1) is 6.61 Å². The summed E-state index contributed by atoms with van der Waals surface area (Å²) in [7, 11) is 0. The van der Waals surface area contributed by atoms with E-state index in [9.17, 15) is 23.2 Å².